The van der Waals surface area contributed by atoms with Crippen molar-refractivity contribution in [2.75, 3.05) is 13.7 Å². The summed E-state index contributed by atoms with van der Waals surface area (Å²) < 4.78 is 12.3. The molecule has 0 saturated heterocycles. The van der Waals surface area contributed by atoms with Crippen molar-refractivity contribution in [2.45, 2.75) is 30.7 Å². The molecule has 25 heavy (non-hydrogen) atoms. The molecule has 0 aromatic carbocycles. The number of nitrogens with zero attached hydrogens (tertiary/aromatic N) is 4. The molecule has 0 radical (unpaired) electrons. The molecule has 136 valence electrons. The number of carbonyl (C=O) groups excluding carboxylic acids is 1. The number of carbonyl (C=O) groups is 1. The van der Waals surface area contributed by atoms with Crippen molar-refractivity contribution in [3.05, 3.63) is 26.7 Å². The second kappa shape index (κ2) is 7.79. The summed E-state index contributed by atoms with van der Waals surface area (Å²) in [4.78, 5) is 45.2. The molecular formula is C15H20N4O5S. The van der Waals surface area contributed by atoms with E-state index in [1.807, 2.05) is 0 Å². The van der Waals surface area contributed by atoms with Crippen molar-refractivity contribution in [1.82, 2.24) is 19.1 Å². The van der Waals surface area contributed by atoms with Gasteiger partial charge in [0.25, 0.3) is 5.56 Å². The van der Waals surface area contributed by atoms with Crippen LogP contribution in [0.25, 0.3) is 11.0 Å². The van der Waals surface area contributed by atoms with Crippen LogP contribution in [0.1, 0.15) is 19.7 Å². The molecule has 1 atom stereocenters. The molecular weight excluding hydrogens is 348 g/mol. The van der Waals surface area contributed by atoms with Gasteiger partial charge in [-0.15, -0.1) is 0 Å². The second-order valence-corrected chi connectivity index (χ2v) is 6.62. The number of rotatable bonds is 6. The molecule has 0 bridgehead atoms. The molecule has 10 heteroatoms. The number of ether oxygens (including phenoxy) is 2. The maximum absolute atomic E-state index is 12.6. The highest BCUT2D eigenvalue weighted by atomic mass is 32.2. The van der Waals surface area contributed by atoms with Crippen molar-refractivity contribution in [1.29, 1.82) is 0 Å². The predicted octanol–water partition coefficient (Wildman–Crippen LogP) is 0.217. The van der Waals surface area contributed by atoms with Crippen LogP contribution in [-0.2, 0) is 35.0 Å². The number of methoxy groups -OCH3 is 1. The van der Waals surface area contributed by atoms with E-state index in [0.29, 0.717) is 10.9 Å². The lowest BCUT2D eigenvalue weighted by Crippen LogP contribution is -2.38. The highest BCUT2D eigenvalue weighted by Gasteiger charge is 2.22. The van der Waals surface area contributed by atoms with Gasteiger partial charge < -0.3 is 9.47 Å². The van der Waals surface area contributed by atoms with E-state index in [1.165, 1.54) is 25.8 Å². The number of hydrogen-bond acceptors (Lipinski definition) is 8. The number of aryl methyl sites for hydroxylation is 1. The fourth-order valence-electron chi connectivity index (χ4n) is 2.23. The smallest absolute Gasteiger partial charge is 0.332 e. The van der Waals surface area contributed by atoms with Crippen molar-refractivity contribution in [3.8, 4) is 0 Å². The van der Waals surface area contributed by atoms with Crippen molar-refractivity contribution in [3.63, 3.8) is 0 Å². The third-order valence-corrected chi connectivity index (χ3v) is 4.56. The zero-order valence-corrected chi connectivity index (χ0v) is 15.5. The third-order valence-electron chi connectivity index (χ3n) is 3.49. The largest absolute Gasteiger partial charge is 0.465 e. The SMILES string of the molecule is CCOC(=O)[C@@H](C)Sc1nc(COC)nc2c1c(=O)n(C)c(=O)n2C. The maximum atomic E-state index is 12.6. The first-order valence-electron chi connectivity index (χ1n) is 7.60. The number of hydrogen-bond donors (Lipinski definition) is 0. The second-order valence-electron chi connectivity index (χ2n) is 5.29. The molecule has 2 heterocycles. The van der Waals surface area contributed by atoms with Gasteiger partial charge in [-0.2, -0.15) is 0 Å². The highest BCUT2D eigenvalue weighted by molar-refractivity contribution is 8.00. The van der Waals surface area contributed by atoms with Crippen LogP contribution in [0, 0.1) is 0 Å². The summed E-state index contributed by atoms with van der Waals surface area (Å²) in [7, 11) is 4.40. The molecule has 9 nitrogen and oxygen atoms in total. The highest BCUT2D eigenvalue weighted by Crippen LogP contribution is 2.27. The summed E-state index contributed by atoms with van der Waals surface area (Å²) >= 11 is 1.09. The molecule has 0 unspecified atom stereocenters. The molecule has 0 aliphatic rings. The Bertz CT molecular complexity index is 921. The number of fused-ring (bicyclic) bond motifs is 1. The van der Waals surface area contributed by atoms with E-state index in [-0.39, 0.29) is 24.2 Å². The lowest BCUT2D eigenvalue weighted by molar-refractivity contribution is -0.142. The van der Waals surface area contributed by atoms with E-state index < -0.39 is 22.5 Å². The Hall–Kier alpha value is -2.20. The van der Waals surface area contributed by atoms with Gasteiger partial charge in [-0.05, 0) is 13.8 Å². The Morgan fingerprint density at radius 2 is 1.92 bits per heavy atom. The molecule has 2 aromatic heterocycles. The van der Waals surface area contributed by atoms with E-state index in [9.17, 15) is 14.4 Å². The monoisotopic (exact) mass is 368 g/mol. The molecule has 0 fully saturated rings. The van der Waals surface area contributed by atoms with E-state index in [4.69, 9.17) is 9.47 Å². The zero-order chi connectivity index (χ0) is 18.7. The predicted molar refractivity (Wildman–Crippen MR) is 92.7 cm³/mol. The number of esters is 1. The normalized spacial score (nSPS) is 12.4. The molecule has 0 amide bonds. The average molecular weight is 368 g/mol. The summed E-state index contributed by atoms with van der Waals surface area (Å²) in [6.45, 7) is 3.76. The Labute approximate surface area is 148 Å². The van der Waals surface area contributed by atoms with Gasteiger partial charge >= 0.3 is 11.7 Å². The van der Waals surface area contributed by atoms with Gasteiger partial charge in [0.15, 0.2) is 11.5 Å². The summed E-state index contributed by atoms with van der Waals surface area (Å²) in [5, 5.41) is -0.0743. The van der Waals surface area contributed by atoms with Crippen LogP contribution >= 0.6 is 11.8 Å². The van der Waals surface area contributed by atoms with Crippen LogP contribution in [0.4, 0.5) is 0 Å². The first-order chi connectivity index (χ1) is 11.8. The fourth-order valence-corrected chi connectivity index (χ4v) is 3.18. The molecule has 0 spiro atoms. The Kier molecular flexibility index (Phi) is 5.96. The molecule has 2 rings (SSSR count). The summed E-state index contributed by atoms with van der Waals surface area (Å²) in [6.07, 6.45) is 0. The summed E-state index contributed by atoms with van der Waals surface area (Å²) in [5.41, 5.74) is -0.803. The average Bonchev–Trinajstić information content (AvgIpc) is 2.58. The lowest BCUT2D eigenvalue weighted by atomic mass is 10.4. The molecule has 2 aromatic rings. The van der Waals surface area contributed by atoms with Gasteiger partial charge in [-0.3, -0.25) is 18.7 Å². The van der Waals surface area contributed by atoms with Crippen molar-refractivity contribution >= 4 is 28.8 Å². The van der Waals surface area contributed by atoms with Crippen LogP contribution in [0.2, 0.25) is 0 Å². The Morgan fingerprint density at radius 3 is 2.52 bits per heavy atom. The topological polar surface area (TPSA) is 105 Å². The maximum Gasteiger partial charge on any atom is 0.332 e. The fraction of sp³-hybridized carbons (Fsp3) is 0.533. The van der Waals surface area contributed by atoms with Crippen LogP contribution in [0.5, 0.6) is 0 Å². The summed E-state index contributed by atoms with van der Waals surface area (Å²) in [6, 6.07) is 0. The van der Waals surface area contributed by atoms with Crippen LogP contribution < -0.4 is 11.2 Å². The van der Waals surface area contributed by atoms with Gasteiger partial charge in [0.2, 0.25) is 0 Å². The minimum atomic E-state index is -0.574. The number of aromatic nitrogens is 4. The van der Waals surface area contributed by atoms with Gasteiger partial charge in [0, 0.05) is 21.2 Å². The standard InChI is InChI=1S/C15H20N4O5S/c1-6-24-14(21)8(2)25-12-10-11(16-9(17-12)7-23-5)18(3)15(22)19(4)13(10)20/h8H,6-7H2,1-5H3/t8-/m1/s1. The van der Waals surface area contributed by atoms with Gasteiger partial charge in [-0.25, -0.2) is 14.8 Å². The Balaban J connectivity index is 2.70. The third kappa shape index (κ3) is 3.74. The van der Waals surface area contributed by atoms with Gasteiger partial charge in [0.05, 0.1) is 6.61 Å². The minimum absolute atomic E-state index is 0.112. The molecule has 0 aliphatic carbocycles. The van der Waals surface area contributed by atoms with E-state index in [2.05, 4.69) is 9.97 Å². The van der Waals surface area contributed by atoms with Crippen molar-refractivity contribution in [2.24, 2.45) is 14.1 Å². The van der Waals surface area contributed by atoms with E-state index in [0.717, 1.165) is 16.3 Å². The van der Waals surface area contributed by atoms with E-state index >= 15 is 0 Å². The molecule has 0 aliphatic heterocycles. The first-order valence-corrected chi connectivity index (χ1v) is 8.48. The first kappa shape index (κ1) is 19.1. The van der Waals surface area contributed by atoms with Gasteiger partial charge in [-0.1, -0.05) is 11.8 Å². The number of thioether (sulfide) groups is 1. The van der Waals surface area contributed by atoms with Crippen molar-refractivity contribution < 1.29 is 14.3 Å². The van der Waals surface area contributed by atoms with Crippen LogP contribution in [0.15, 0.2) is 14.6 Å². The van der Waals surface area contributed by atoms with E-state index in [1.54, 1.807) is 13.8 Å². The zero-order valence-electron chi connectivity index (χ0n) is 14.7. The van der Waals surface area contributed by atoms with Gasteiger partial charge in [0.1, 0.15) is 22.3 Å². The minimum Gasteiger partial charge on any atom is -0.465 e. The summed E-state index contributed by atoms with van der Waals surface area (Å²) in [5.74, 6) is -0.0917. The Morgan fingerprint density at radius 1 is 1.24 bits per heavy atom. The van der Waals surface area contributed by atoms with Crippen LogP contribution in [0.3, 0.4) is 0 Å². The lowest BCUT2D eigenvalue weighted by Gasteiger charge is -2.14. The van der Waals surface area contributed by atoms with Crippen LogP contribution in [-0.4, -0.2) is 44.0 Å². The molecule has 0 N–H and O–H groups in total. The molecule has 0 saturated carbocycles. The quantitative estimate of drug-likeness (QED) is 0.405.